The molecule has 1 saturated heterocycles. The van der Waals surface area contributed by atoms with Crippen molar-refractivity contribution in [1.82, 2.24) is 10.2 Å². The van der Waals surface area contributed by atoms with Crippen molar-refractivity contribution in [3.63, 3.8) is 0 Å². The lowest BCUT2D eigenvalue weighted by molar-refractivity contribution is -0.137. The van der Waals surface area contributed by atoms with Crippen LogP contribution in [0.5, 0.6) is 0 Å². The van der Waals surface area contributed by atoms with E-state index in [1.54, 1.807) is 0 Å². The van der Waals surface area contributed by atoms with Crippen LogP contribution in [0.2, 0.25) is 0 Å². The van der Waals surface area contributed by atoms with E-state index >= 15 is 0 Å². The third kappa shape index (κ3) is 4.26. The van der Waals surface area contributed by atoms with E-state index in [9.17, 15) is 22.8 Å². The molecule has 0 spiro atoms. The van der Waals surface area contributed by atoms with Gasteiger partial charge in [-0.05, 0) is 18.2 Å². The molecule has 0 bridgehead atoms. The average molecular weight is 398 g/mol. The van der Waals surface area contributed by atoms with Gasteiger partial charge in [0.25, 0.3) is 0 Å². The standard InChI is InChI=1S/C17H17F3N4O2S/c1-9(2)15-22-23-16(27-15)21-14(26)10-6-13(25)24(8-10)12-5-3-4-11(7-12)17(18,19)20/h3-5,7,9-10H,6,8H2,1-2H3,(H,21,23,26)/t10-/m1/s1. The minimum Gasteiger partial charge on any atom is -0.312 e. The summed E-state index contributed by atoms with van der Waals surface area (Å²) in [5.74, 6) is -1.28. The van der Waals surface area contributed by atoms with Gasteiger partial charge >= 0.3 is 6.18 Å². The third-order valence-corrected chi connectivity index (χ3v) is 5.28. The Morgan fingerprint density at radius 3 is 2.70 bits per heavy atom. The number of hydrogen-bond acceptors (Lipinski definition) is 5. The molecule has 1 aliphatic rings. The minimum absolute atomic E-state index is 0.0157. The van der Waals surface area contributed by atoms with E-state index < -0.39 is 29.5 Å². The summed E-state index contributed by atoms with van der Waals surface area (Å²) in [6, 6.07) is 4.52. The molecule has 144 valence electrons. The van der Waals surface area contributed by atoms with Crippen LogP contribution in [0, 0.1) is 5.92 Å². The fourth-order valence-electron chi connectivity index (χ4n) is 2.71. The molecule has 0 saturated carbocycles. The van der Waals surface area contributed by atoms with E-state index in [0.717, 1.165) is 17.1 Å². The van der Waals surface area contributed by atoms with E-state index in [4.69, 9.17) is 0 Å². The average Bonchev–Trinajstić information content (AvgIpc) is 3.21. The van der Waals surface area contributed by atoms with Gasteiger partial charge < -0.3 is 10.2 Å². The molecule has 2 aromatic rings. The van der Waals surface area contributed by atoms with Crippen LogP contribution in [0.25, 0.3) is 0 Å². The number of amides is 2. The molecule has 0 radical (unpaired) electrons. The van der Waals surface area contributed by atoms with Crippen molar-refractivity contribution in [2.24, 2.45) is 5.92 Å². The number of alkyl halides is 3. The van der Waals surface area contributed by atoms with Crippen LogP contribution >= 0.6 is 11.3 Å². The molecule has 1 aromatic carbocycles. The van der Waals surface area contributed by atoms with Crippen molar-refractivity contribution in [2.75, 3.05) is 16.8 Å². The second-order valence-electron chi connectivity index (χ2n) is 6.54. The molecule has 3 rings (SSSR count). The minimum atomic E-state index is -4.50. The summed E-state index contributed by atoms with van der Waals surface area (Å²) in [6.07, 6.45) is -4.57. The first-order valence-electron chi connectivity index (χ1n) is 8.27. The first-order valence-corrected chi connectivity index (χ1v) is 9.08. The van der Waals surface area contributed by atoms with Gasteiger partial charge in [0.05, 0.1) is 11.5 Å². The van der Waals surface area contributed by atoms with Gasteiger partial charge in [-0.3, -0.25) is 9.59 Å². The Hall–Kier alpha value is -2.49. The van der Waals surface area contributed by atoms with Crippen molar-refractivity contribution >= 4 is 34.0 Å². The fraction of sp³-hybridized carbons (Fsp3) is 0.412. The maximum absolute atomic E-state index is 12.9. The van der Waals surface area contributed by atoms with Crippen molar-refractivity contribution in [3.05, 3.63) is 34.8 Å². The van der Waals surface area contributed by atoms with Crippen LogP contribution in [-0.4, -0.2) is 28.6 Å². The van der Waals surface area contributed by atoms with Gasteiger partial charge in [-0.2, -0.15) is 13.2 Å². The zero-order valence-corrected chi connectivity index (χ0v) is 15.4. The maximum atomic E-state index is 12.9. The molecule has 27 heavy (non-hydrogen) atoms. The highest BCUT2D eigenvalue weighted by Crippen LogP contribution is 2.33. The summed E-state index contributed by atoms with van der Waals surface area (Å²) in [6.45, 7) is 3.92. The smallest absolute Gasteiger partial charge is 0.312 e. The fourth-order valence-corrected chi connectivity index (χ4v) is 3.46. The summed E-state index contributed by atoms with van der Waals surface area (Å²) in [4.78, 5) is 25.9. The molecular formula is C17H17F3N4O2S. The van der Waals surface area contributed by atoms with E-state index in [1.165, 1.54) is 28.4 Å². The number of rotatable bonds is 4. The molecule has 1 N–H and O–H groups in total. The van der Waals surface area contributed by atoms with Crippen molar-refractivity contribution < 1.29 is 22.8 Å². The number of anilines is 2. The number of aromatic nitrogens is 2. The Balaban J connectivity index is 1.70. The largest absolute Gasteiger partial charge is 0.416 e. The third-order valence-electron chi connectivity index (χ3n) is 4.15. The SMILES string of the molecule is CC(C)c1nnc(NC(=O)[C@@H]2CC(=O)N(c3cccc(C(F)(F)F)c3)C2)s1. The number of nitrogens with one attached hydrogen (secondary N) is 1. The zero-order valence-electron chi connectivity index (χ0n) is 14.6. The molecule has 1 aliphatic heterocycles. The Labute approximate surface area is 157 Å². The Kier molecular flexibility index (Phi) is 5.18. The van der Waals surface area contributed by atoms with Crippen LogP contribution in [0.1, 0.15) is 36.8 Å². The number of benzene rings is 1. The van der Waals surface area contributed by atoms with Gasteiger partial charge in [-0.1, -0.05) is 31.3 Å². The van der Waals surface area contributed by atoms with E-state index in [0.29, 0.717) is 5.13 Å². The van der Waals surface area contributed by atoms with Crippen LogP contribution in [0.3, 0.4) is 0 Å². The maximum Gasteiger partial charge on any atom is 0.416 e. The van der Waals surface area contributed by atoms with Crippen LogP contribution < -0.4 is 10.2 Å². The Morgan fingerprint density at radius 2 is 2.07 bits per heavy atom. The Morgan fingerprint density at radius 1 is 1.33 bits per heavy atom. The summed E-state index contributed by atoms with van der Waals surface area (Å²) in [7, 11) is 0. The summed E-state index contributed by atoms with van der Waals surface area (Å²) in [5.41, 5.74) is -0.709. The lowest BCUT2D eigenvalue weighted by Crippen LogP contribution is -2.28. The molecule has 0 aliphatic carbocycles. The molecule has 6 nitrogen and oxygen atoms in total. The lowest BCUT2D eigenvalue weighted by atomic mass is 10.1. The second kappa shape index (κ2) is 7.26. The van der Waals surface area contributed by atoms with E-state index in [-0.39, 0.29) is 24.6 Å². The molecular weight excluding hydrogens is 381 g/mol. The first kappa shape index (κ1) is 19.3. The molecule has 10 heteroatoms. The molecule has 2 heterocycles. The van der Waals surface area contributed by atoms with Crippen molar-refractivity contribution in [3.8, 4) is 0 Å². The summed E-state index contributed by atoms with van der Waals surface area (Å²) < 4.78 is 38.6. The molecule has 2 amide bonds. The zero-order chi connectivity index (χ0) is 19.8. The number of carbonyl (C=O) groups excluding carboxylic acids is 2. The first-order chi connectivity index (χ1) is 12.6. The number of carbonyl (C=O) groups is 2. The van der Waals surface area contributed by atoms with Gasteiger partial charge in [0, 0.05) is 24.6 Å². The predicted octanol–water partition coefficient (Wildman–Crippen LogP) is 3.67. The van der Waals surface area contributed by atoms with Gasteiger partial charge in [0.2, 0.25) is 16.9 Å². The van der Waals surface area contributed by atoms with Crippen LogP contribution in [-0.2, 0) is 15.8 Å². The van der Waals surface area contributed by atoms with Crippen LogP contribution in [0.15, 0.2) is 24.3 Å². The predicted molar refractivity (Wildman–Crippen MR) is 94.5 cm³/mol. The van der Waals surface area contributed by atoms with Gasteiger partial charge in [-0.15, -0.1) is 10.2 Å². The van der Waals surface area contributed by atoms with Crippen LogP contribution in [0.4, 0.5) is 24.0 Å². The normalized spacial score (nSPS) is 17.6. The highest BCUT2D eigenvalue weighted by Gasteiger charge is 2.37. The second-order valence-corrected chi connectivity index (χ2v) is 7.55. The molecule has 1 atom stereocenters. The molecule has 1 aromatic heterocycles. The number of hydrogen-bond donors (Lipinski definition) is 1. The Bertz CT molecular complexity index is 866. The van der Waals surface area contributed by atoms with Gasteiger partial charge in [-0.25, -0.2) is 0 Å². The summed E-state index contributed by atoms with van der Waals surface area (Å²) >= 11 is 1.25. The molecule has 0 unspecified atom stereocenters. The highest BCUT2D eigenvalue weighted by atomic mass is 32.1. The highest BCUT2D eigenvalue weighted by molar-refractivity contribution is 7.15. The van der Waals surface area contributed by atoms with Gasteiger partial charge in [0.1, 0.15) is 5.01 Å². The van der Waals surface area contributed by atoms with Crippen molar-refractivity contribution in [2.45, 2.75) is 32.4 Å². The van der Waals surface area contributed by atoms with E-state index in [2.05, 4.69) is 15.5 Å². The molecule has 1 fully saturated rings. The lowest BCUT2D eigenvalue weighted by Gasteiger charge is -2.18. The monoisotopic (exact) mass is 398 g/mol. The van der Waals surface area contributed by atoms with E-state index in [1.807, 2.05) is 13.8 Å². The quantitative estimate of drug-likeness (QED) is 0.853. The van der Waals surface area contributed by atoms with Gasteiger partial charge in [0.15, 0.2) is 0 Å². The van der Waals surface area contributed by atoms with Crippen molar-refractivity contribution in [1.29, 1.82) is 0 Å². The number of nitrogens with zero attached hydrogens (tertiary/aromatic N) is 3. The summed E-state index contributed by atoms with van der Waals surface area (Å²) in [5, 5.41) is 11.6. The topological polar surface area (TPSA) is 75.2 Å². The number of halogens is 3.